The lowest BCUT2D eigenvalue weighted by Gasteiger charge is -1.95. The lowest BCUT2D eigenvalue weighted by atomic mass is 10.1. The summed E-state index contributed by atoms with van der Waals surface area (Å²) in [5.41, 5.74) is 3.48. The van der Waals surface area contributed by atoms with Crippen molar-refractivity contribution in [1.29, 1.82) is 0 Å². The van der Waals surface area contributed by atoms with Crippen molar-refractivity contribution < 1.29 is 33.7 Å². The van der Waals surface area contributed by atoms with Crippen LogP contribution in [0, 0.1) is 0 Å². The molecule has 0 unspecified atom stereocenters. The fraction of sp³-hybridized carbons (Fsp3) is 0.118. The SMILES string of the molecule is OCC[n+]1ccc(/C=C/c2c[nH]c3ccccc23)cc1.[I-]. The van der Waals surface area contributed by atoms with Gasteiger partial charge in [0, 0.05) is 29.2 Å². The lowest BCUT2D eigenvalue weighted by Crippen LogP contribution is -3.00. The van der Waals surface area contributed by atoms with Crippen LogP contribution in [0.5, 0.6) is 0 Å². The second kappa shape index (κ2) is 7.38. The van der Waals surface area contributed by atoms with Gasteiger partial charge in [-0.05, 0) is 17.2 Å². The van der Waals surface area contributed by atoms with Crippen LogP contribution in [0.3, 0.4) is 0 Å². The molecule has 3 rings (SSSR count). The molecule has 3 nitrogen and oxygen atoms in total. The molecule has 1 aromatic carbocycles. The van der Waals surface area contributed by atoms with Crippen LogP contribution in [-0.4, -0.2) is 16.7 Å². The number of nitrogens with one attached hydrogen (secondary N) is 1. The van der Waals surface area contributed by atoms with E-state index in [1.807, 2.05) is 47.4 Å². The van der Waals surface area contributed by atoms with Crippen molar-refractivity contribution in [2.24, 2.45) is 0 Å². The number of nitrogens with zero attached hydrogens (tertiary/aromatic N) is 1. The van der Waals surface area contributed by atoms with E-state index >= 15 is 0 Å². The van der Waals surface area contributed by atoms with Crippen molar-refractivity contribution in [3.63, 3.8) is 0 Å². The van der Waals surface area contributed by atoms with Gasteiger partial charge < -0.3 is 34.1 Å². The van der Waals surface area contributed by atoms with Gasteiger partial charge in [-0.2, -0.15) is 0 Å². The molecular formula is C17H17IN2O. The third-order valence-electron chi connectivity index (χ3n) is 3.35. The van der Waals surface area contributed by atoms with E-state index in [0.29, 0.717) is 6.54 Å². The van der Waals surface area contributed by atoms with Gasteiger partial charge in [0.15, 0.2) is 18.9 Å². The molecule has 4 heteroatoms. The molecule has 0 saturated heterocycles. The Morgan fingerprint density at radius 1 is 1.05 bits per heavy atom. The van der Waals surface area contributed by atoms with Crippen LogP contribution in [0.2, 0.25) is 0 Å². The van der Waals surface area contributed by atoms with E-state index in [1.165, 1.54) is 10.9 Å². The maximum Gasteiger partial charge on any atom is 0.171 e. The van der Waals surface area contributed by atoms with Crippen LogP contribution in [-0.2, 0) is 6.54 Å². The number of aliphatic hydroxyl groups is 1. The van der Waals surface area contributed by atoms with E-state index < -0.39 is 0 Å². The van der Waals surface area contributed by atoms with Crippen molar-refractivity contribution in [2.75, 3.05) is 6.61 Å². The molecule has 3 aromatic rings. The summed E-state index contributed by atoms with van der Waals surface area (Å²) >= 11 is 0. The molecule has 108 valence electrons. The van der Waals surface area contributed by atoms with Crippen molar-refractivity contribution in [3.05, 3.63) is 66.1 Å². The Bertz CT molecular complexity index is 732. The number of hydrogen-bond donors (Lipinski definition) is 2. The largest absolute Gasteiger partial charge is 1.00 e. The molecule has 2 heterocycles. The number of para-hydroxylation sites is 1. The molecule has 0 aliphatic carbocycles. The van der Waals surface area contributed by atoms with Gasteiger partial charge in [-0.3, -0.25) is 0 Å². The van der Waals surface area contributed by atoms with Gasteiger partial charge in [-0.1, -0.05) is 30.4 Å². The van der Waals surface area contributed by atoms with Crippen LogP contribution in [0.25, 0.3) is 23.1 Å². The highest BCUT2D eigenvalue weighted by atomic mass is 127. The Hall–Kier alpha value is -1.66. The summed E-state index contributed by atoms with van der Waals surface area (Å²) in [6.07, 6.45) is 10.2. The van der Waals surface area contributed by atoms with Gasteiger partial charge in [0.1, 0.15) is 6.61 Å². The maximum absolute atomic E-state index is 8.88. The monoisotopic (exact) mass is 392 g/mol. The molecule has 2 aromatic heterocycles. The molecule has 0 saturated carbocycles. The molecule has 0 aliphatic heterocycles. The van der Waals surface area contributed by atoms with Crippen LogP contribution in [0.15, 0.2) is 55.0 Å². The maximum atomic E-state index is 8.88. The Labute approximate surface area is 141 Å². The second-order valence-electron chi connectivity index (χ2n) is 4.72. The minimum absolute atomic E-state index is 0. The molecule has 0 radical (unpaired) electrons. The Balaban J connectivity index is 0.00000161. The molecule has 0 aliphatic rings. The zero-order valence-corrected chi connectivity index (χ0v) is 13.7. The van der Waals surface area contributed by atoms with E-state index in [-0.39, 0.29) is 30.6 Å². The summed E-state index contributed by atoms with van der Waals surface area (Å²) in [5, 5.41) is 10.1. The van der Waals surface area contributed by atoms with Gasteiger partial charge in [0.2, 0.25) is 0 Å². The van der Waals surface area contributed by atoms with Gasteiger partial charge >= 0.3 is 0 Å². The summed E-state index contributed by atoms with van der Waals surface area (Å²) < 4.78 is 1.96. The fourth-order valence-electron chi connectivity index (χ4n) is 2.26. The summed E-state index contributed by atoms with van der Waals surface area (Å²) in [6, 6.07) is 12.4. The van der Waals surface area contributed by atoms with Crippen molar-refractivity contribution in [2.45, 2.75) is 6.54 Å². The number of pyridine rings is 1. The molecule has 21 heavy (non-hydrogen) atoms. The molecule has 0 spiro atoms. The highest BCUT2D eigenvalue weighted by molar-refractivity contribution is 5.91. The number of H-pyrrole nitrogens is 1. The topological polar surface area (TPSA) is 39.9 Å². The van der Waals surface area contributed by atoms with Gasteiger partial charge in [0.05, 0.1) is 0 Å². The molecule has 2 N–H and O–H groups in total. The number of benzene rings is 1. The Morgan fingerprint density at radius 3 is 2.57 bits per heavy atom. The predicted octanol–water partition coefficient (Wildman–Crippen LogP) is -0.378. The van der Waals surface area contributed by atoms with Crippen LogP contribution < -0.4 is 28.5 Å². The first kappa shape index (κ1) is 15.7. The second-order valence-corrected chi connectivity index (χ2v) is 4.72. The number of rotatable bonds is 4. The van der Waals surface area contributed by atoms with Gasteiger partial charge in [-0.25, -0.2) is 4.57 Å². The Morgan fingerprint density at radius 2 is 1.81 bits per heavy atom. The standard InChI is InChI=1S/C17H16N2O.HI/c20-12-11-19-9-7-14(8-10-19)5-6-15-13-18-17-4-2-1-3-16(15)17;/h1-10,13,20H,11-12H2;1H. The van der Waals surface area contributed by atoms with Crippen LogP contribution in [0.4, 0.5) is 0 Å². The zero-order chi connectivity index (χ0) is 13.8. The van der Waals surface area contributed by atoms with Crippen molar-refractivity contribution in [3.8, 4) is 0 Å². The van der Waals surface area contributed by atoms with E-state index in [1.54, 1.807) is 0 Å². The highest BCUT2D eigenvalue weighted by Crippen LogP contribution is 2.19. The first-order chi connectivity index (χ1) is 9.86. The number of halogens is 1. The summed E-state index contributed by atoms with van der Waals surface area (Å²) in [5.74, 6) is 0. The fourth-order valence-corrected chi connectivity index (χ4v) is 2.26. The number of hydrogen-bond acceptors (Lipinski definition) is 1. The minimum atomic E-state index is 0. The van der Waals surface area contributed by atoms with Crippen LogP contribution >= 0.6 is 0 Å². The molecule has 0 amide bonds. The summed E-state index contributed by atoms with van der Waals surface area (Å²) in [6.45, 7) is 0.793. The zero-order valence-electron chi connectivity index (χ0n) is 11.5. The van der Waals surface area contributed by atoms with Crippen molar-refractivity contribution in [1.82, 2.24) is 4.98 Å². The van der Waals surface area contributed by atoms with E-state index in [4.69, 9.17) is 5.11 Å². The minimum Gasteiger partial charge on any atom is -1.00 e. The smallest absolute Gasteiger partial charge is 0.171 e. The molecule has 0 atom stereocenters. The third kappa shape index (κ3) is 3.71. The number of fused-ring (bicyclic) bond motifs is 1. The number of aliphatic hydroxyl groups excluding tert-OH is 1. The van der Waals surface area contributed by atoms with Gasteiger partial charge in [-0.15, -0.1) is 0 Å². The number of aromatic nitrogens is 2. The molecule has 0 fully saturated rings. The molecule has 0 bridgehead atoms. The average Bonchev–Trinajstić information content (AvgIpc) is 2.90. The van der Waals surface area contributed by atoms with E-state index in [9.17, 15) is 0 Å². The molecular weight excluding hydrogens is 375 g/mol. The predicted molar refractivity (Wildman–Crippen MR) is 80.9 cm³/mol. The van der Waals surface area contributed by atoms with E-state index in [2.05, 4.69) is 29.3 Å². The highest BCUT2D eigenvalue weighted by Gasteiger charge is 2.00. The van der Waals surface area contributed by atoms with Crippen molar-refractivity contribution >= 4 is 23.1 Å². The normalized spacial score (nSPS) is 10.9. The first-order valence-corrected chi connectivity index (χ1v) is 6.71. The summed E-state index contributed by atoms with van der Waals surface area (Å²) in [7, 11) is 0. The van der Waals surface area contributed by atoms with Gasteiger partial charge in [0.25, 0.3) is 0 Å². The van der Waals surface area contributed by atoms with E-state index in [0.717, 1.165) is 11.1 Å². The average molecular weight is 392 g/mol. The quantitative estimate of drug-likeness (QED) is 0.462. The van der Waals surface area contributed by atoms with Crippen LogP contribution in [0.1, 0.15) is 11.1 Å². The Kier molecular flexibility index (Phi) is 5.52. The summed E-state index contributed by atoms with van der Waals surface area (Å²) in [4.78, 5) is 3.27. The first-order valence-electron chi connectivity index (χ1n) is 6.71. The third-order valence-corrected chi connectivity index (χ3v) is 3.35. The lowest BCUT2D eigenvalue weighted by molar-refractivity contribution is -0.698. The number of aromatic amines is 1.